The van der Waals surface area contributed by atoms with Crippen LogP contribution in [0.5, 0.6) is 0 Å². The fourth-order valence-corrected chi connectivity index (χ4v) is 2.59. The van der Waals surface area contributed by atoms with E-state index in [0.717, 1.165) is 35.8 Å². The van der Waals surface area contributed by atoms with Crippen molar-refractivity contribution in [2.75, 3.05) is 37.0 Å². The molecule has 1 fully saturated rings. The molecular formula is C15H20N4. The maximum absolute atomic E-state index is 4.76. The molecule has 0 aliphatic carbocycles. The van der Waals surface area contributed by atoms with Gasteiger partial charge in [0, 0.05) is 32.6 Å². The Labute approximate surface area is 114 Å². The SMILES string of the molecule is CN(C)c1nc(N2CCCCC2)c2ccccc2n1. The van der Waals surface area contributed by atoms with Gasteiger partial charge in [0.1, 0.15) is 5.82 Å². The highest BCUT2D eigenvalue weighted by atomic mass is 15.3. The average molecular weight is 256 g/mol. The fraction of sp³-hybridized carbons (Fsp3) is 0.467. The van der Waals surface area contributed by atoms with E-state index in [1.807, 2.05) is 25.1 Å². The fourth-order valence-electron chi connectivity index (χ4n) is 2.59. The molecule has 4 heteroatoms. The van der Waals surface area contributed by atoms with Gasteiger partial charge in [0.2, 0.25) is 5.95 Å². The molecule has 0 bridgehead atoms. The molecule has 0 unspecified atom stereocenters. The lowest BCUT2D eigenvalue weighted by atomic mass is 10.1. The quantitative estimate of drug-likeness (QED) is 0.827. The molecule has 19 heavy (non-hydrogen) atoms. The van der Waals surface area contributed by atoms with Crippen LogP contribution < -0.4 is 9.80 Å². The lowest BCUT2D eigenvalue weighted by Gasteiger charge is -2.29. The van der Waals surface area contributed by atoms with Gasteiger partial charge in [-0.1, -0.05) is 12.1 Å². The first-order valence-electron chi connectivity index (χ1n) is 6.95. The van der Waals surface area contributed by atoms with Crippen molar-refractivity contribution < 1.29 is 0 Å². The Morgan fingerprint density at radius 3 is 2.47 bits per heavy atom. The topological polar surface area (TPSA) is 32.3 Å². The van der Waals surface area contributed by atoms with Gasteiger partial charge in [-0.2, -0.15) is 4.98 Å². The molecule has 4 nitrogen and oxygen atoms in total. The summed E-state index contributed by atoms with van der Waals surface area (Å²) in [5.74, 6) is 1.88. The van der Waals surface area contributed by atoms with E-state index in [2.05, 4.69) is 28.1 Å². The number of rotatable bonds is 2. The zero-order valence-corrected chi connectivity index (χ0v) is 11.6. The predicted octanol–water partition coefficient (Wildman–Crippen LogP) is 2.69. The largest absolute Gasteiger partial charge is 0.356 e. The van der Waals surface area contributed by atoms with E-state index in [4.69, 9.17) is 4.98 Å². The van der Waals surface area contributed by atoms with Gasteiger partial charge in [-0.25, -0.2) is 4.98 Å². The number of para-hydroxylation sites is 1. The smallest absolute Gasteiger partial charge is 0.227 e. The van der Waals surface area contributed by atoms with Gasteiger partial charge in [0.05, 0.1) is 5.52 Å². The Balaban J connectivity index is 2.14. The Hall–Kier alpha value is -1.84. The van der Waals surface area contributed by atoms with Crippen LogP contribution in [0.25, 0.3) is 10.9 Å². The van der Waals surface area contributed by atoms with E-state index in [9.17, 15) is 0 Å². The Morgan fingerprint density at radius 2 is 1.74 bits per heavy atom. The number of aromatic nitrogens is 2. The van der Waals surface area contributed by atoms with Crippen molar-refractivity contribution in [1.29, 1.82) is 0 Å². The molecule has 1 aliphatic heterocycles. The second-order valence-corrected chi connectivity index (χ2v) is 5.31. The molecule has 1 aromatic heterocycles. The minimum absolute atomic E-state index is 0.791. The van der Waals surface area contributed by atoms with E-state index in [-0.39, 0.29) is 0 Å². The molecule has 0 atom stereocenters. The van der Waals surface area contributed by atoms with E-state index in [0.29, 0.717) is 0 Å². The summed E-state index contributed by atoms with van der Waals surface area (Å²) < 4.78 is 0. The minimum Gasteiger partial charge on any atom is -0.356 e. The summed E-state index contributed by atoms with van der Waals surface area (Å²) >= 11 is 0. The van der Waals surface area contributed by atoms with Gasteiger partial charge in [-0.15, -0.1) is 0 Å². The third-order valence-corrected chi connectivity index (χ3v) is 3.63. The number of nitrogens with zero attached hydrogens (tertiary/aromatic N) is 4. The van der Waals surface area contributed by atoms with Gasteiger partial charge in [-0.3, -0.25) is 0 Å². The van der Waals surface area contributed by atoms with E-state index >= 15 is 0 Å². The van der Waals surface area contributed by atoms with Crippen molar-refractivity contribution in [2.45, 2.75) is 19.3 Å². The number of piperidine rings is 1. The highest BCUT2D eigenvalue weighted by Gasteiger charge is 2.17. The molecule has 0 amide bonds. The highest BCUT2D eigenvalue weighted by molar-refractivity contribution is 5.90. The summed E-state index contributed by atoms with van der Waals surface area (Å²) in [6.45, 7) is 2.21. The van der Waals surface area contributed by atoms with Crippen LogP contribution in [-0.4, -0.2) is 37.2 Å². The summed E-state index contributed by atoms with van der Waals surface area (Å²) in [5.41, 5.74) is 1.03. The summed E-state index contributed by atoms with van der Waals surface area (Å²) in [6.07, 6.45) is 3.85. The normalized spacial score (nSPS) is 15.8. The van der Waals surface area contributed by atoms with Crippen molar-refractivity contribution in [2.24, 2.45) is 0 Å². The summed E-state index contributed by atoms with van der Waals surface area (Å²) in [6, 6.07) is 8.29. The van der Waals surface area contributed by atoms with Gasteiger partial charge >= 0.3 is 0 Å². The zero-order valence-electron chi connectivity index (χ0n) is 11.6. The first-order chi connectivity index (χ1) is 9.25. The molecule has 2 aromatic rings. The molecule has 0 radical (unpaired) electrons. The van der Waals surface area contributed by atoms with Crippen LogP contribution in [0.15, 0.2) is 24.3 Å². The lowest BCUT2D eigenvalue weighted by Crippen LogP contribution is -2.31. The van der Waals surface area contributed by atoms with Crippen LogP contribution >= 0.6 is 0 Å². The summed E-state index contributed by atoms with van der Waals surface area (Å²) in [4.78, 5) is 13.8. The molecular weight excluding hydrogens is 236 g/mol. The first kappa shape index (κ1) is 12.2. The number of fused-ring (bicyclic) bond motifs is 1. The van der Waals surface area contributed by atoms with Crippen molar-refractivity contribution in [3.05, 3.63) is 24.3 Å². The monoisotopic (exact) mass is 256 g/mol. The molecule has 0 saturated carbocycles. The number of hydrogen-bond acceptors (Lipinski definition) is 4. The Bertz CT molecular complexity index is 573. The number of anilines is 2. The van der Waals surface area contributed by atoms with Crippen molar-refractivity contribution >= 4 is 22.7 Å². The Kier molecular flexibility index (Phi) is 3.23. The van der Waals surface area contributed by atoms with Gasteiger partial charge in [-0.05, 0) is 31.4 Å². The standard InChI is InChI=1S/C15H20N4/c1-18(2)15-16-13-9-5-4-8-12(13)14(17-15)19-10-6-3-7-11-19/h4-5,8-9H,3,6-7,10-11H2,1-2H3. The van der Waals surface area contributed by atoms with Gasteiger partial charge < -0.3 is 9.80 Å². The maximum Gasteiger partial charge on any atom is 0.227 e. The van der Waals surface area contributed by atoms with E-state index < -0.39 is 0 Å². The summed E-state index contributed by atoms with van der Waals surface area (Å²) in [5, 5.41) is 1.16. The van der Waals surface area contributed by atoms with Gasteiger partial charge in [0.25, 0.3) is 0 Å². The van der Waals surface area contributed by atoms with Crippen LogP contribution in [0.1, 0.15) is 19.3 Å². The Morgan fingerprint density at radius 1 is 1.00 bits per heavy atom. The second kappa shape index (κ2) is 5.03. The molecule has 3 rings (SSSR count). The molecule has 1 aliphatic rings. The summed E-state index contributed by atoms with van der Waals surface area (Å²) in [7, 11) is 3.98. The van der Waals surface area contributed by atoms with Crippen LogP contribution in [-0.2, 0) is 0 Å². The second-order valence-electron chi connectivity index (χ2n) is 5.31. The van der Waals surface area contributed by atoms with Crippen molar-refractivity contribution in [3.8, 4) is 0 Å². The van der Waals surface area contributed by atoms with Crippen molar-refractivity contribution in [1.82, 2.24) is 9.97 Å². The molecule has 0 spiro atoms. The molecule has 100 valence electrons. The van der Waals surface area contributed by atoms with E-state index in [1.165, 1.54) is 19.3 Å². The number of hydrogen-bond donors (Lipinski definition) is 0. The third kappa shape index (κ3) is 2.35. The average Bonchev–Trinajstić information content (AvgIpc) is 2.47. The first-order valence-corrected chi connectivity index (χ1v) is 6.95. The zero-order chi connectivity index (χ0) is 13.2. The molecule has 0 N–H and O–H groups in total. The minimum atomic E-state index is 0.791. The molecule has 1 saturated heterocycles. The van der Waals surface area contributed by atoms with Crippen LogP contribution in [0.4, 0.5) is 11.8 Å². The maximum atomic E-state index is 4.76. The van der Waals surface area contributed by atoms with E-state index in [1.54, 1.807) is 0 Å². The van der Waals surface area contributed by atoms with Crippen molar-refractivity contribution in [3.63, 3.8) is 0 Å². The third-order valence-electron chi connectivity index (χ3n) is 3.63. The van der Waals surface area contributed by atoms with Crippen LogP contribution in [0.2, 0.25) is 0 Å². The highest BCUT2D eigenvalue weighted by Crippen LogP contribution is 2.28. The molecule has 1 aromatic carbocycles. The van der Waals surface area contributed by atoms with Crippen LogP contribution in [0.3, 0.4) is 0 Å². The number of benzene rings is 1. The predicted molar refractivity (Wildman–Crippen MR) is 79.9 cm³/mol. The molecule has 2 heterocycles. The van der Waals surface area contributed by atoms with Gasteiger partial charge in [0.15, 0.2) is 0 Å². The van der Waals surface area contributed by atoms with Crippen LogP contribution in [0, 0.1) is 0 Å². The lowest BCUT2D eigenvalue weighted by molar-refractivity contribution is 0.574.